The summed E-state index contributed by atoms with van der Waals surface area (Å²) in [6.07, 6.45) is 0. The molecule has 3 heterocycles. The van der Waals surface area contributed by atoms with E-state index in [4.69, 9.17) is 23.1 Å². The molecule has 15 rings (SSSR count). The van der Waals surface area contributed by atoms with E-state index in [0.29, 0.717) is 28.3 Å². The van der Waals surface area contributed by atoms with Crippen LogP contribution in [-0.4, -0.2) is 19.1 Å². The molecule has 15 aromatic rings. The van der Waals surface area contributed by atoms with Gasteiger partial charge in [-0.3, -0.25) is 0 Å². The molecule has 0 fully saturated rings. The lowest BCUT2D eigenvalue weighted by Gasteiger charge is -2.20. The van der Waals surface area contributed by atoms with Gasteiger partial charge in [-0.2, -0.15) is 10.5 Å². The summed E-state index contributed by atoms with van der Waals surface area (Å²) in [5.41, 5.74) is 21.1. The minimum absolute atomic E-state index is 0.558. The van der Waals surface area contributed by atoms with E-state index in [1.807, 2.05) is 133 Å². The average Bonchev–Trinajstić information content (AvgIpc) is 1.67. The van der Waals surface area contributed by atoms with Crippen molar-refractivity contribution < 1.29 is 0 Å². The molecule has 3 aromatic heterocycles. The van der Waals surface area contributed by atoms with Crippen molar-refractivity contribution in [2.75, 3.05) is 0 Å². The molecule has 8 heteroatoms. The van der Waals surface area contributed by atoms with Gasteiger partial charge in [-0.15, -0.1) is 0 Å². The first-order valence-electron chi connectivity index (χ1n) is 28.8. The lowest BCUT2D eigenvalue weighted by molar-refractivity contribution is 1.15. The van der Waals surface area contributed by atoms with Crippen molar-refractivity contribution in [3.8, 4) is 113 Å². The second-order valence-electron chi connectivity index (χ2n) is 21.6. The van der Waals surface area contributed by atoms with Crippen molar-refractivity contribution in [3.05, 3.63) is 313 Å². The Hall–Kier alpha value is -12.7. The Morgan fingerprint density at radius 1 is 0.295 bits per heavy atom. The Morgan fingerprint density at radius 2 is 0.648 bits per heavy atom. The monoisotopic (exact) mass is 1120 g/mol. The molecule has 0 bridgehead atoms. The molecule has 0 saturated heterocycles. The maximum atomic E-state index is 10.4. The van der Waals surface area contributed by atoms with Gasteiger partial charge in [0.1, 0.15) is 0 Å². The van der Waals surface area contributed by atoms with Crippen LogP contribution in [0.3, 0.4) is 0 Å². The summed E-state index contributed by atoms with van der Waals surface area (Å²) in [5.74, 6) is 0.558. The highest BCUT2D eigenvalue weighted by Gasteiger charge is 2.24. The summed E-state index contributed by atoms with van der Waals surface area (Å²) in [6, 6.07) is 99.1. The predicted molar refractivity (Wildman–Crippen MR) is 356 cm³/mol. The molecule has 0 N–H and O–H groups in total. The highest BCUT2D eigenvalue weighted by Crippen LogP contribution is 2.46. The molecule has 0 amide bonds. The average molecular weight is 1120 g/mol. The number of rotatable bonds is 10. The predicted octanol–water partition coefficient (Wildman–Crippen LogP) is 20.9. The van der Waals surface area contributed by atoms with Crippen LogP contribution in [-0.2, 0) is 0 Å². The van der Waals surface area contributed by atoms with Crippen LogP contribution in [0.2, 0.25) is 0 Å². The van der Waals surface area contributed by atoms with E-state index in [9.17, 15) is 10.5 Å². The van der Waals surface area contributed by atoms with Crippen LogP contribution in [0.15, 0.2) is 279 Å². The van der Waals surface area contributed by atoms with Crippen LogP contribution < -0.4 is 0 Å². The van der Waals surface area contributed by atoms with E-state index in [-0.39, 0.29) is 0 Å². The molecule has 88 heavy (non-hydrogen) atoms. The van der Waals surface area contributed by atoms with Crippen LogP contribution in [0.4, 0.5) is 11.4 Å². The lowest BCUT2D eigenvalue weighted by Crippen LogP contribution is -2.03. The van der Waals surface area contributed by atoms with Gasteiger partial charge >= 0.3 is 0 Å². The summed E-state index contributed by atoms with van der Waals surface area (Å²) in [7, 11) is 0. The maximum absolute atomic E-state index is 10.4. The van der Waals surface area contributed by atoms with Crippen molar-refractivity contribution in [2.24, 2.45) is 0 Å². The summed E-state index contributed by atoms with van der Waals surface area (Å²) >= 11 is 0. The smallest absolute Gasteiger partial charge is 0.194 e. The van der Waals surface area contributed by atoms with Gasteiger partial charge in [0.05, 0.1) is 81.2 Å². The van der Waals surface area contributed by atoms with Gasteiger partial charge in [0, 0.05) is 49.4 Å². The van der Waals surface area contributed by atoms with Crippen molar-refractivity contribution in [2.45, 2.75) is 0 Å². The number of benzene rings is 12. The van der Waals surface area contributed by atoms with Gasteiger partial charge in [-0.1, -0.05) is 200 Å². The van der Waals surface area contributed by atoms with Gasteiger partial charge in [-0.05, 0) is 123 Å². The molecule has 0 spiro atoms. The topological polar surface area (TPSA) is 91.9 Å². The number of nitrogens with zero attached hydrogens (tertiary/aromatic N) is 8. The minimum Gasteiger partial charge on any atom is -0.309 e. The SMILES string of the molecule is [C-]#[N+]c1ccccc1-c1ccc2c(c1)c1cc(-c3ccccc3C#N)ccc1n2-c1ccccc1-c1ccc(-c2nc(-c3ccccc3)cc(-c3ccccc3)n2)cc1-n1c2ccc(-c3ccccc3C#N)cc2c2cc(-c3ccccc3[N+]#[C-])ccc21. The Balaban J connectivity index is 1.03. The fourth-order valence-electron chi connectivity index (χ4n) is 12.6. The summed E-state index contributed by atoms with van der Waals surface area (Å²) in [5, 5.41) is 24.6. The van der Waals surface area contributed by atoms with Crippen LogP contribution in [0.1, 0.15) is 11.1 Å². The van der Waals surface area contributed by atoms with Crippen molar-refractivity contribution in [3.63, 3.8) is 0 Å². The second-order valence-corrected chi connectivity index (χ2v) is 21.6. The van der Waals surface area contributed by atoms with E-state index in [2.05, 4.69) is 177 Å². The van der Waals surface area contributed by atoms with Crippen LogP contribution in [0.25, 0.3) is 154 Å². The third kappa shape index (κ3) is 8.91. The maximum Gasteiger partial charge on any atom is 0.194 e. The van der Waals surface area contributed by atoms with E-state index < -0.39 is 0 Å². The van der Waals surface area contributed by atoms with E-state index in [0.717, 1.165) is 139 Å². The number of nitriles is 2. The quantitative estimate of drug-likeness (QED) is 0.128. The van der Waals surface area contributed by atoms with Gasteiger partial charge in [0.2, 0.25) is 0 Å². The molecule has 0 aliphatic rings. The van der Waals surface area contributed by atoms with Crippen molar-refractivity contribution in [1.82, 2.24) is 19.1 Å². The summed E-state index contributed by atoms with van der Waals surface area (Å²) in [4.78, 5) is 18.6. The minimum atomic E-state index is 0.558. The highest BCUT2D eigenvalue weighted by atomic mass is 15.0. The summed E-state index contributed by atoms with van der Waals surface area (Å²) < 4.78 is 4.68. The van der Waals surface area contributed by atoms with E-state index in [1.54, 1.807) is 0 Å². The van der Waals surface area contributed by atoms with Crippen LogP contribution in [0.5, 0.6) is 0 Å². The molecule has 0 unspecified atom stereocenters. The first-order chi connectivity index (χ1) is 43.5. The number of fused-ring (bicyclic) bond motifs is 6. The van der Waals surface area contributed by atoms with Crippen LogP contribution in [0, 0.1) is 35.8 Å². The molecular weight excluding hydrogens is 1070 g/mol. The third-order valence-corrected chi connectivity index (χ3v) is 16.7. The van der Waals surface area contributed by atoms with Gasteiger partial charge in [0.15, 0.2) is 17.2 Å². The molecule has 0 saturated carbocycles. The second kappa shape index (κ2) is 21.8. The first-order valence-corrected chi connectivity index (χ1v) is 28.8. The zero-order chi connectivity index (χ0) is 59.2. The molecule has 0 atom stereocenters. The number of hydrogen-bond donors (Lipinski definition) is 0. The van der Waals surface area contributed by atoms with E-state index >= 15 is 0 Å². The van der Waals surface area contributed by atoms with Gasteiger partial charge in [-0.25, -0.2) is 19.7 Å². The fourth-order valence-corrected chi connectivity index (χ4v) is 12.6. The zero-order valence-corrected chi connectivity index (χ0v) is 47.1. The molecule has 0 aliphatic heterocycles. The van der Waals surface area contributed by atoms with Crippen molar-refractivity contribution in [1.29, 1.82) is 10.5 Å². The molecule has 12 aromatic carbocycles. The largest absolute Gasteiger partial charge is 0.309 e. The first kappa shape index (κ1) is 52.1. The van der Waals surface area contributed by atoms with Gasteiger partial charge in [0.25, 0.3) is 0 Å². The molecular formula is C80H46N8. The Bertz CT molecular complexity index is 5220. The Kier molecular flexibility index (Phi) is 12.9. The van der Waals surface area contributed by atoms with E-state index in [1.165, 1.54) is 0 Å². The lowest BCUT2D eigenvalue weighted by atomic mass is 9.97. The fraction of sp³-hybridized carbons (Fsp3) is 0. The number of hydrogen-bond acceptors (Lipinski definition) is 4. The summed E-state index contributed by atoms with van der Waals surface area (Å²) in [6.45, 7) is 16.3. The molecule has 406 valence electrons. The van der Waals surface area contributed by atoms with Crippen molar-refractivity contribution >= 4 is 55.0 Å². The Morgan fingerprint density at radius 3 is 1.09 bits per heavy atom. The van der Waals surface area contributed by atoms with Gasteiger partial charge < -0.3 is 9.13 Å². The molecule has 0 radical (unpaired) electrons. The zero-order valence-electron chi connectivity index (χ0n) is 47.1. The van der Waals surface area contributed by atoms with Crippen LogP contribution >= 0.6 is 0 Å². The normalized spacial score (nSPS) is 11.1. The highest BCUT2D eigenvalue weighted by molar-refractivity contribution is 6.14. The molecule has 0 aliphatic carbocycles. The molecule has 8 nitrogen and oxygen atoms in total. The standard InChI is InChI=1S/C80H46N8/c1-83-70-30-16-13-27-62(70)55-36-41-76-68(45-55)66-43-53(60-25-11-9-23-58(60)49-81)34-39-75(66)87(76)74-32-18-15-29-64(74)65-38-33-57(80-85-72(51-19-5-3-6-20-51)48-73(86-80)52-21-7-4-8-22-52)47-79(65)88-77-40-35-54(61-26-12-10-24-59(61)50-82)44-67(77)69-46-56(37-42-78(69)88)63-28-14-17-31-71(63)84-2/h3-48H. The Labute approximate surface area is 507 Å². The third-order valence-electron chi connectivity index (χ3n) is 16.7. The number of aromatic nitrogens is 4. The number of para-hydroxylation sites is 3.